The Balaban J connectivity index is 0.00000144. The van der Waals surface area contributed by atoms with Crippen LogP contribution in [0.3, 0.4) is 0 Å². The number of carbonyl (C=O) groups excluding carboxylic acids is 1. The molecule has 0 saturated carbocycles. The summed E-state index contributed by atoms with van der Waals surface area (Å²) >= 11 is 1.48. The number of amides is 1. The minimum Gasteiger partial charge on any atom is -0.378 e. The maximum absolute atomic E-state index is 11.4. The van der Waals surface area contributed by atoms with E-state index in [1.807, 2.05) is 6.92 Å². The molecule has 1 atom stereocenters. The lowest BCUT2D eigenvalue weighted by Crippen LogP contribution is -2.35. The largest absolute Gasteiger partial charge is 0.378 e. The van der Waals surface area contributed by atoms with Gasteiger partial charge >= 0.3 is 0 Å². The number of carbonyl (C=O) groups is 1. The molecule has 0 bridgehead atoms. The van der Waals surface area contributed by atoms with Crippen LogP contribution in [0.15, 0.2) is 4.99 Å². The van der Waals surface area contributed by atoms with Crippen LogP contribution in [0.2, 0.25) is 0 Å². The highest BCUT2D eigenvalue weighted by molar-refractivity contribution is 8.13. The summed E-state index contributed by atoms with van der Waals surface area (Å²) in [5.41, 5.74) is 5.16. The predicted octanol–water partition coefficient (Wildman–Crippen LogP) is 1.63. The van der Waals surface area contributed by atoms with E-state index in [1.165, 1.54) is 11.8 Å². The van der Waals surface area contributed by atoms with Gasteiger partial charge in [0.25, 0.3) is 5.91 Å². The molecule has 0 aromatic heterocycles. The van der Waals surface area contributed by atoms with E-state index in [2.05, 4.69) is 11.9 Å². The summed E-state index contributed by atoms with van der Waals surface area (Å²) < 4.78 is 0. The van der Waals surface area contributed by atoms with Crippen LogP contribution in [-0.2, 0) is 4.79 Å². The molecule has 0 aromatic rings. The van der Waals surface area contributed by atoms with Gasteiger partial charge in [0.05, 0.1) is 5.41 Å². The Morgan fingerprint density at radius 1 is 1.83 bits per heavy atom. The van der Waals surface area contributed by atoms with Crippen molar-refractivity contribution in [2.45, 2.75) is 26.7 Å². The van der Waals surface area contributed by atoms with Crippen LogP contribution in [0.1, 0.15) is 28.1 Å². The molecule has 1 rings (SSSR count). The number of rotatable bonds is 2. The molecular formula is C8H16N2OS. The first-order valence-corrected chi connectivity index (χ1v) is 5.08. The first kappa shape index (κ1) is 9.58. The maximum atomic E-state index is 11.4. The van der Waals surface area contributed by atoms with Crippen molar-refractivity contribution in [1.82, 2.24) is 0 Å². The summed E-state index contributed by atoms with van der Waals surface area (Å²) in [4.78, 5) is 15.2. The number of nitrogens with two attached hydrogens (primary N) is 1. The minimum atomic E-state index is -0.276. The summed E-state index contributed by atoms with van der Waals surface area (Å²) in [5.74, 6) is 0.718. The van der Waals surface area contributed by atoms with Gasteiger partial charge in [0.1, 0.15) is 0 Å². The number of hydrogen-bond acceptors (Lipinski definition) is 3. The monoisotopic (exact) mass is 188 g/mol. The van der Waals surface area contributed by atoms with Gasteiger partial charge in [-0.05, 0) is 13.3 Å². The Kier molecular flexibility index (Phi) is 2.77. The molecule has 1 aliphatic rings. The summed E-state index contributed by atoms with van der Waals surface area (Å²) in [6, 6.07) is 0. The van der Waals surface area contributed by atoms with Gasteiger partial charge in [-0.1, -0.05) is 25.1 Å². The van der Waals surface area contributed by atoms with Gasteiger partial charge in [-0.2, -0.15) is 4.99 Å². The second-order valence-electron chi connectivity index (χ2n) is 3.35. The second-order valence-corrected chi connectivity index (χ2v) is 4.35. The zero-order valence-corrected chi connectivity index (χ0v) is 8.28. The van der Waals surface area contributed by atoms with Gasteiger partial charge in [0, 0.05) is 7.18 Å². The van der Waals surface area contributed by atoms with Crippen LogP contribution in [0.4, 0.5) is 0 Å². The Morgan fingerprint density at radius 2 is 2.50 bits per heavy atom. The van der Waals surface area contributed by atoms with E-state index < -0.39 is 0 Å². The van der Waals surface area contributed by atoms with Crippen molar-refractivity contribution in [3.63, 3.8) is 0 Å². The second kappa shape index (κ2) is 3.47. The van der Waals surface area contributed by atoms with Crippen LogP contribution in [-0.4, -0.2) is 16.8 Å². The van der Waals surface area contributed by atoms with E-state index in [9.17, 15) is 4.79 Å². The van der Waals surface area contributed by atoms with Crippen molar-refractivity contribution in [3.05, 3.63) is 0 Å². The quantitative estimate of drug-likeness (QED) is 0.716. The van der Waals surface area contributed by atoms with Gasteiger partial charge in [-0.25, -0.2) is 0 Å². The van der Waals surface area contributed by atoms with Crippen LogP contribution >= 0.6 is 11.8 Å². The Labute approximate surface area is 78.3 Å². The van der Waals surface area contributed by atoms with Gasteiger partial charge in [0.15, 0.2) is 5.17 Å². The Bertz CT molecular complexity index is 232. The number of nitrogens with zero attached hydrogens (tertiary/aromatic N) is 1. The maximum Gasteiger partial charge on any atom is 0.254 e. The van der Waals surface area contributed by atoms with Gasteiger partial charge < -0.3 is 5.73 Å². The number of amidine groups is 1. The topological polar surface area (TPSA) is 55.4 Å². The SMILES string of the molecule is CCCC1(C)CSC(N)=NC1=O.[HH]. The van der Waals surface area contributed by atoms with Crippen LogP contribution in [0.5, 0.6) is 0 Å². The fourth-order valence-electron chi connectivity index (χ4n) is 1.29. The number of aliphatic imine (C=N–C) groups is 1. The van der Waals surface area contributed by atoms with Gasteiger partial charge in [0.2, 0.25) is 0 Å². The fraction of sp³-hybridized carbons (Fsp3) is 0.750. The lowest BCUT2D eigenvalue weighted by atomic mass is 9.87. The Morgan fingerprint density at radius 3 is 3.00 bits per heavy atom. The zero-order valence-electron chi connectivity index (χ0n) is 7.46. The van der Waals surface area contributed by atoms with Gasteiger partial charge in [-0.15, -0.1) is 0 Å². The van der Waals surface area contributed by atoms with Gasteiger partial charge in [-0.3, -0.25) is 4.79 Å². The summed E-state index contributed by atoms with van der Waals surface area (Å²) in [6.07, 6.45) is 1.91. The van der Waals surface area contributed by atoms with E-state index >= 15 is 0 Å². The lowest BCUT2D eigenvalue weighted by molar-refractivity contribution is -0.125. The molecule has 4 heteroatoms. The first-order valence-electron chi connectivity index (χ1n) is 4.10. The van der Waals surface area contributed by atoms with E-state index in [4.69, 9.17) is 5.73 Å². The molecule has 0 radical (unpaired) electrons. The molecular weight excluding hydrogens is 172 g/mol. The third kappa shape index (κ3) is 1.80. The van der Waals surface area contributed by atoms with Crippen LogP contribution < -0.4 is 5.73 Å². The van der Waals surface area contributed by atoms with E-state index in [-0.39, 0.29) is 12.7 Å². The normalized spacial score (nSPS) is 30.2. The van der Waals surface area contributed by atoms with E-state index in [0.29, 0.717) is 5.17 Å². The summed E-state index contributed by atoms with van der Waals surface area (Å²) in [7, 11) is 0. The molecule has 0 aromatic carbocycles. The van der Waals surface area contributed by atoms with Crippen molar-refractivity contribution < 1.29 is 6.22 Å². The van der Waals surface area contributed by atoms with Crippen LogP contribution in [0.25, 0.3) is 0 Å². The molecule has 12 heavy (non-hydrogen) atoms. The number of hydrogen-bond donors (Lipinski definition) is 1. The van der Waals surface area contributed by atoms with Crippen molar-refractivity contribution >= 4 is 22.8 Å². The summed E-state index contributed by atoms with van der Waals surface area (Å²) in [5, 5.41) is 0.411. The highest BCUT2D eigenvalue weighted by Gasteiger charge is 2.35. The first-order chi connectivity index (χ1) is 5.58. The molecule has 1 aliphatic heterocycles. The van der Waals surface area contributed by atoms with E-state index in [1.54, 1.807) is 0 Å². The minimum absolute atomic E-state index is 0. The predicted molar refractivity (Wildman–Crippen MR) is 54.2 cm³/mol. The molecule has 1 amide bonds. The van der Waals surface area contributed by atoms with Crippen LogP contribution in [0, 0.1) is 5.41 Å². The molecule has 0 aliphatic carbocycles. The van der Waals surface area contributed by atoms with Crippen molar-refractivity contribution in [1.29, 1.82) is 0 Å². The molecule has 2 N–H and O–H groups in total. The standard InChI is InChI=1S/C8H14N2OS.H2/c1-3-4-8(2)5-12-7(9)10-6(8)11;/h3-5H2,1-2H3,(H2,9,10,11);1H. The molecule has 0 fully saturated rings. The zero-order chi connectivity index (χ0) is 9.19. The number of thioether (sulfide) groups is 1. The lowest BCUT2D eigenvalue weighted by Gasteiger charge is -2.27. The average Bonchev–Trinajstić information content (AvgIpc) is 1.99. The molecule has 1 heterocycles. The van der Waals surface area contributed by atoms with Crippen molar-refractivity contribution in [3.8, 4) is 0 Å². The fourth-order valence-corrected chi connectivity index (χ4v) is 2.17. The third-order valence-electron chi connectivity index (χ3n) is 2.07. The molecule has 1 unspecified atom stereocenters. The molecule has 3 nitrogen and oxygen atoms in total. The van der Waals surface area contributed by atoms with Crippen molar-refractivity contribution in [2.24, 2.45) is 16.1 Å². The average molecular weight is 188 g/mol. The highest BCUT2D eigenvalue weighted by atomic mass is 32.2. The van der Waals surface area contributed by atoms with Crippen molar-refractivity contribution in [2.75, 3.05) is 5.75 Å². The smallest absolute Gasteiger partial charge is 0.254 e. The molecule has 0 spiro atoms. The summed E-state index contributed by atoms with van der Waals surface area (Å²) in [6.45, 7) is 4.03. The van der Waals surface area contributed by atoms with E-state index in [0.717, 1.165) is 18.6 Å². The molecule has 70 valence electrons. The third-order valence-corrected chi connectivity index (χ3v) is 3.24. The Hall–Kier alpha value is -0.510. The highest BCUT2D eigenvalue weighted by Crippen LogP contribution is 2.32. The molecule has 0 saturated heterocycles.